The van der Waals surface area contributed by atoms with E-state index in [1.165, 1.54) is 16.7 Å². The van der Waals surface area contributed by atoms with Gasteiger partial charge in [0, 0.05) is 7.05 Å². The summed E-state index contributed by atoms with van der Waals surface area (Å²) in [5, 5.41) is 12.7. The maximum atomic E-state index is 12.2. The van der Waals surface area contributed by atoms with Crippen molar-refractivity contribution in [1.82, 2.24) is 14.8 Å². The minimum absolute atomic E-state index is 0.178. The molecule has 1 fully saturated rings. The Morgan fingerprint density at radius 3 is 2.88 bits per heavy atom. The molecule has 1 aliphatic rings. The molecule has 3 rings (SSSR count). The molecular weight excluding hydrogens is 397 g/mol. The van der Waals surface area contributed by atoms with Crippen molar-refractivity contribution >= 4 is 46.6 Å². The van der Waals surface area contributed by atoms with Crippen LogP contribution in [0.3, 0.4) is 0 Å². The largest absolute Gasteiger partial charge is 0.370 e. The molecule has 0 aliphatic carbocycles. The van der Waals surface area contributed by atoms with Crippen LogP contribution < -0.4 is 10.2 Å². The fraction of sp³-hybridized carbons (Fsp3) is 0.438. The molecule has 1 aromatic heterocycles. The van der Waals surface area contributed by atoms with Crippen LogP contribution in [-0.2, 0) is 23.1 Å². The number of hydrogen-bond donors (Lipinski definition) is 2. The number of hydrogen-bond acceptors (Lipinski definition) is 5. The van der Waals surface area contributed by atoms with Gasteiger partial charge in [-0.2, -0.15) is 0 Å². The van der Waals surface area contributed by atoms with E-state index in [2.05, 4.69) is 15.5 Å². The van der Waals surface area contributed by atoms with Crippen LogP contribution in [0.1, 0.15) is 5.82 Å². The molecule has 2 heterocycles. The van der Waals surface area contributed by atoms with E-state index in [0.717, 1.165) is 38.7 Å². The zero-order valence-corrected chi connectivity index (χ0v) is 16.6. The third-order valence-corrected chi connectivity index (χ3v) is 5.93. The number of carbonyl (C=O) groups excluding carboxylic acids is 1. The lowest BCUT2D eigenvalue weighted by molar-refractivity contribution is -0.922. The predicted molar refractivity (Wildman–Crippen MR) is 102 cm³/mol. The fourth-order valence-electron chi connectivity index (χ4n) is 2.60. The van der Waals surface area contributed by atoms with Crippen molar-refractivity contribution in [3.05, 3.63) is 34.1 Å². The number of rotatable bonds is 6. The first-order chi connectivity index (χ1) is 12.5. The molecule has 0 atom stereocenters. The van der Waals surface area contributed by atoms with Gasteiger partial charge < -0.3 is 19.5 Å². The van der Waals surface area contributed by atoms with E-state index < -0.39 is 0 Å². The van der Waals surface area contributed by atoms with Gasteiger partial charge in [0.05, 0.1) is 34.7 Å². The van der Waals surface area contributed by atoms with E-state index in [-0.39, 0.29) is 11.7 Å². The molecule has 1 amide bonds. The normalized spacial score (nSPS) is 15.2. The van der Waals surface area contributed by atoms with E-state index in [9.17, 15) is 4.79 Å². The first-order valence-corrected chi connectivity index (χ1v) is 9.95. The van der Waals surface area contributed by atoms with Gasteiger partial charge in [-0.15, -0.1) is 10.2 Å². The molecule has 7 nitrogen and oxygen atoms in total. The molecule has 0 radical (unpaired) electrons. The maximum absolute atomic E-state index is 12.2. The van der Waals surface area contributed by atoms with E-state index in [1.54, 1.807) is 18.2 Å². The topological polar surface area (TPSA) is 73.5 Å². The molecule has 140 valence electrons. The number of nitrogens with zero attached hydrogens (tertiary/aromatic N) is 3. The van der Waals surface area contributed by atoms with Gasteiger partial charge in [0.2, 0.25) is 5.91 Å². The number of morpholine rings is 1. The summed E-state index contributed by atoms with van der Waals surface area (Å²) in [4.78, 5) is 13.6. The van der Waals surface area contributed by atoms with Crippen LogP contribution in [0, 0.1) is 0 Å². The van der Waals surface area contributed by atoms with Crippen LogP contribution in [0.15, 0.2) is 23.4 Å². The monoisotopic (exact) mass is 416 g/mol. The highest BCUT2D eigenvalue weighted by Gasteiger charge is 2.19. The number of benzene rings is 1. The van der Waals surface area contributed by atoms with E-state index in [1.807, 2.05) is 11.6 Å². The van der Waals surface area contributed by atoms with Crippen molar-refractivity contribution < 1.29 is 14.4 Å². The van der Waals surface area contributed by atoms with Gasteiger partial charge >= 0.3 is 0 Å². The van der Waals surface area contributed by atoms with Gasteiger partial charge in [0.1, 0.15) is 19.6 Å². The summed E-state index contributed by atoms with van der Waals surface area (Å²) in [6.07, 6.45) is 0. The molecule has 2 aromatic rings. The molecule has 2 N–H and O–H groups in total. The minimum Gasteiger partial charge on any atom is -0.370 e. The Morgan fingerprint density at radius 2 is 2.12 bits per heavy atom. The molecular formula is C16H20Cl2N5O2S+. The van der Waals surface area contributed by atoms with Gasteiger partial charge in [-0.1, -0.05) is 41.0 Å². The number of halogens is 2. The highest BCUT2D eigenvalue weighted by atomic mass is 35.5. The van der Waals surface area contributed by atoms with Crippen LogP contribution in [0.2, 0.25) is 10.0 Å². The Balaban J connectivity index is 1.54. The summed E-state index contributed by atoms with van der Waals surface area (Å²) in [7, 11) is 1.92. The lowest BCUT2D eigenvalue weighted by Gasteiger charge is -2.23. The Kier molecular flexibility index (Phi) is 6.77. The second-order valence-corrected chi connectivity index (χ2v) is 7.66. The SMILES string of the molecule is Cn1c(C[NH+]2CCOCC2)nnc1SCC(=O)Nc1cccc(Cl)c1Cl. The lowest BCUT2D eigenvalue weighted by Crippen LogP contribution is -3.12. The Bertz CT molecular complexity index is 780. The number of carbonyl (C=O) groups is 1. The molecule has 1 saturated heterocycles. The van der Waals surface area contributed by atoms with Gasteiger partial charge in [0.25, 0.3) is 0 Å². The van der Waals surface area contributed by atoms with Crippen LogP contribution in [-0.4, -0.2) is 52.7 Å². The molecule has 1 aliphatic heterocycles. The van der Waals surface area contributed by atoms with E-state index >= 15 is 0 Å². The third-order valence-electron chi connectivity index (χ3n) is 4.09. The summed E-state index contributed by atoms with van der Waals surface area (Å²) in [5.41, 5.74) is 0.499. The number of aromatic nitrogens is 3. The smallest absolute Gasteiger partial charge is 0.234 e. The van der Waals surface area contributed by atoms with Gasteiger partial charge in [0.15, 0.2) is 11.0 Å². The standard InChI is InChI=1S/C16H19Cl2N5O2S/c1-22-13(9-23-5-7-25-8-6-23)20-21-16(22)26-10-14(24)19-12-4-2-3-11(17)15(12)18/h2-4H,5-10H2,1H3,(H,19,24)/p+1. The molecule has 26 heavy (non-hydrogen) atoms. The van der Waals surface area contributed by atoms with Crippen molar-refractivity contribution in [2.24, 2.45) is 7.05 Å². The first kappa shape index (κ1) is 19.4. The minimum atomic E-state index is -0.178. The number of amides is 1. The molecule has 0 bridgehead atoms. The molecule has 0 unspecified atom stereocenters. The zero-order valence-electron chi connectivity index (χ0n) is 14.3. The third kappa shape index (κ3) is 4.89. The second kappa shape index (κ2) is 9.05. The summed E-state index contributed by atoms with van der Waals surface area (Å²) >= 11 is 13.4. The summed E-state index contributed by atoms with van der Waals surface area (Å²) < 4.78 is 7.31. The molecule has 1 aromatic carbocycles. The molecule has 0 saturated carbocycles. The summed E-state index contributed by atoms with van der Waals surface area (Å²) in [6.45, 7) is 4.30. The first-order valence-electron chi connectivity index (χ1n) is 8.21. The maximum Gasteiger partial charge on any atom is 0.234 e. The fourth-order valence-corrected chi connectivity index (χ4v) is 3.68. The van der Waals surface area contributed by atoms with Crippen LogP contribution >= 0.6 is 35.0 Å². The number of thioether (sulfide) groups is 1. The summed E-state index contributed by atoms with van der Waals surface area (Å²) in [6, 6.07) is 5.12. The van der Waals surface area contributed by atoms with Crippen LogP contribution in [0.5, 0.6) is 0 Å². The van der Waals surface area contributed by atoms with Gasteiger partial charge in [-0.3, -0.25) is 4.79 Å². The lowest BCUT2D eigenvalue weighted by atomic mass is 10.3. The quantitative estimate of drug-likeness (QED) is 0.693. The van der Waals surface area contributed by atoms with Gasteiger partial charge in [-0.25, -0.2) is 0 Å². The highest BCUT2D eigenvalue weighted by Crippen LogP contribution is 2.29. The van der Waals surface area contributed by atoms with Crippen LogP contribution in [0.25, 0.3) is 0 Å². The number of quaternary nitrogens is 1. The average Bonchev–Trinajstić information content (AvgIpc) is 2.98. The van der Waals surface area contributed by atoms with Crippen molar-refractivity contribution in [1.29, 1.82) is 0 Å². The van der Waals surface area contributed by atoms with Crippen molar-refractivity contribution in [2.45, 2.75) is 11.7 Å². The summed E-state index contributed by atoms with van der Waals surface area (Å²) in [5.74, 6) is 0.935. The number of ether oxygens (including phenoxy) is 1. The Labute approximate surface area is 166 Å². The zero-order chi connectivity index (χ0) is 18.5. The Hall–Kier alpha value is -1.32. The van der Waals surface area contributed by atoms with Crippen molar-refractivity contribution in [3.8, 4) is 0 Å². The van der Waals surface area contributed by atoms with E-state index in [0.29, 0.717) is 20.9 Å². The van der Waals surface area contributed by atoms with Crippen LogP contribution in [0.4, 0.5) is 5.69 Å². The molecule has 0 spiro atoms. The molecule has 10 heteroatoms. The van der Waals surface area contributed by atoms with Crippen molar-refractivity contribution in [2.75, 3.05) is 37.4 Å². The van der Waals surface area contributed by atoms with Crippen molar-refractivity contribution in [3.63, 3.8) is 0 Å². The highest BCUT2D eigenvalue weighted by molar-refractivity contribution is 7.99. The number of anilines is 1. The van der Waals surface area contributed by atoms with Gasteiger partial charge in [-0.05, 0) is 12.1 Å². The Morgan fingerprint density at radius 1 is 1.35 bits per heavy atom. The van der Waals surface area contributed by atoms with E-state index in [4.69, 9.17) is 27.9 Å². The second-order valence-electron chi connectivity index (χ2n) is 5.94. The number of nitrogens with one attached hydrogen (secondary N) is 2. The average molecular weight is 417 g/mol. The predicted octanol–water partition coefficient (Wildman–Crippen LogP) is 1.27.